The molecule has 0 amide bonds. The summed E-state index contributed by atoms with van der Waals surface area (Å²) in [6.07, 6.45) is 9.23. The second-order valence-electron chi connectivity index (χ2n) is 14.7. The van der Waals surface area contributed by atoms with Crippen LogP contribution in [0.25, 0.3) is 0 Å². The Hall–Kier alpha value is -1.67. The van der Waals surface area contributed by atoms with Crippen LogP contribution in [0.4, 0.5) is 0 Å². The van der Waals surface area contributed by atoms with Gasteiger partial charge in [0.1, 0.15) is 5.76 Å². The molecule has 3 saturated carbocycles. The van der Waals surface area contributed by atoms with Gasteiger partial charge in [0.25, 0.3) is 0 Å². The molecular formula is C32H48N2O5. The van der Waals surface area contributed by atoms with Gasteiger partial charge in [0, 0.05) is 36.4 Å². The molecule has 1 aliphatic heterocycles. The van der Waals surface area contributed by atoms with E-state index in [0.717, 1.165) is 6.42 Å². The van der Waals surface area contributed by atoms with Crippen LogP contribution in [0.15, 0.2) is 35.8 Å². The van der Waals surface area contributed by atoms with Crippen molar-refractivity contribution in [1.82, 2.24) is 4.90 Å². The molecule has 0 spiro atoms. The van der Waals surface area contributed by atoms with Crippen molar-refractivity contribution in [3.05, 3.63) is 35.8 Å². The lowest BCUT2D eigenvalue weighted by Gasteiger charge is -2.64. The molecule has 0 radical (unpaired) electrons. The lowest BCUT2D eigenvalue weighted by molar-refractivity contribution is -0.220. The number of nitrogens with zero attached hydrogens (tertiary/aromatic N) is 1. The van der Waals surface area contributed by atoms with Gasteiger partial charge in [-0.1, -0.05) is 32.6 Å². The smallest absolute Gasteiger partial charge is 0.168 e. The molecule has 6 aliphatic rings. The monoisotopic (exact) mass is 540 g/mol. The number of rotatable bonds is 4. The number of aliphatic hydroxyl groups is 4. The topological polar surface area (TPSA) is 127 Å². The van der Waals surface area contributed by atoms with Gasteiger partial charge in [0.05, 0.1) is 23.9 Å². The third kappa shape index (κ3) is 4.34. The van der Waals surface area contributed by atoms with Gasteiger partial charge in [-0.3, -0.25) is 4.79 Å². The Kier molecular flexibility index (Phi) is 6.85. The van der Waals surface area contributed by atoms with Crippen molar-refractivity contribution < 1.29 is 25.2 Å². The van der Waals surface area contributed by atoms with Gasteiger partial charge in [-0.05, 0) is 92.5 Å². The molecular weight excluding hydrogens is 492 g/mol. The molecule has 0 aromatic heterocycles. The number of aliphatic hydroxyl groups excluding tert-OH is 4. The summed E-state index contributed by atoms with van der Waals surface area (Å²) < 4.78 is 0. The number of hydrogen-bond acceptors (Lipinski definition) is 7. The minimum atomic E-state index is -1.06. The molecule has 39 heavy (non-hydrogen) atoms. The number of carbonyl (C=O) groups excluding carboxylic acids is 1. The number of fused-ring (bicyclic) bond motifs is 3. The van der Waals surface area contributed by atoms with E-state index in [-0.39, 0.29) is 41.1 Å². The molecule has 1 heterocycles. The molecule has 0 aromatic rings. The first kappa shape index (κ1) is 27.5. The second-order valence-corrected chi connectivity index (χ2v) is 14.7. The average molecular weight is 541 g/mol. The zero-order chi connectivity index (χ0) is 27.9. The van der Waals surface area contributed by atoms with Crippen LogP contribution >= 0.6 is 0 Å². The maximum atomic E-state index is 13.1. The summed E-state index contributed by atoms with van der Waals surface area (Å²) in [4.78, 5) is 15.7. The average Bonchev–Trinajstić information content (AvgIpc) is 3.50. The molecule has 9 unspecified atom stereocenters. The van der Waals surface area contributed by atoms with Crippen LogP contribution in [0.5, 0.6) is 0 Å². The van der Waals surface area contributed by atoms with Gasteiger partial charge < -0.3 is 31.1 Å². The van der Waals surface area contributed by atoms with Gasteiger partial charge in [-0.15, -0.1) is 0 Å². The Balaban J connectivity index is 1.28. The Labute approximate surface area is 232 Å². The molecule has 1 saturated heterocycles. The Morgan fingerprint density at radius 2 is 1.82 bits per heavy atom. The van der Waals surface area contributed by atoms with Crippen molar-refractivity contribution in [2.75, 3.05) is 19.6 Å². The van der Waals surface area contributed by atoms with Crippen molar-refractivity contribution in [3.63, 3.8) is 0 Å². The van der Waals surface area contributed by atoms with Gasteiger partial charge >= 0.3 is 0 Å². The molecule has 6 N–H and O–H groups in total. The summed E-state index contributed by atoms with van der Waals surface area (Å²) in [5.41, 5.74) is 4.83. The van der Waals surface area contributed by atoms with Crippen molar-refractivity contribution in [1.29, 1.82) is 0 Å². The predicted octanol–water partition coefficient (Wildman–Crippen LogP) is 3.31. The van der Waals surface area contributed by atoms with Gasteiger partial charge in [-0.2, -0.15) is 0 Å². The minimum Gasteiger partial charge on any atom is -0.511 e. The second kappa shape index (κ2) is 9.71. The van der Waals surface area contributed by atoms with Crippen molar-refractivity contribution >= 4 is 5.78 Å². The molecule has 5 aliphatic carbocycles. The van der Waals surface area contributed by atoms with E-state index < -0.39 is 41.0 Å². The quantitative estimate of drug-likeness (QED) is 0.346. The fourth-order valence-corrected chi connectivity index (χ4v) is 10.8. The first-order chi connectivity index (χ1) is 18.4. The Morgan fingerprint density at radius 1 is 1.10 bits per heavy atom. The number of likely N-dealkylation sites (tertiary alicyclic amines) is 1. The molecule has 0 bridgehead atoms. The molecule has 216 valence electrons. The van der Waals surface area contributed by atoms with E-state index in [1.807, 2.05) is 13.0 Å². The maximum Gasteiger partial charge on any atom is 0.168 e. The number of nitrogens with two attached hydrogens (primary N) is 1. The molecule has 0 aromatic carbocycles. The van der Waals surface area contributed by atoms with E-state index in [1.54, 1.807) is 0 Å². The van der Waals surface area contributed by atoms with Crippen LogP contribution in [0.3, 0.4) is 0 Å². The van der Waals surface area contributed by atoms with Crippen molar-refractivity contribution in [3.8, 4) is 0 Å². The van der Waals surface area contributed by atoms with Gasteiger partial charge in [0.2, 0.25) is 0 Å². The van der Waals surface area contributed by atoms with E-state index in [1.165, 1.54) is 51.7 Å². The largest absolute Gasteiger partial charge is 0.511 e. The first-order valence-corrected chi connectivity index (χ1v) is 15.3. The highest BCUT2D eigenvalue weighted by atomic mass is 16.3. The zero-order valence-corrected chi connectivity index (χ0v) is 23.6. The standard InChI is InChI=1S/C32H48N2O5/c1-17(33)24-23(36)14-32(3)16-31(2)13-21-20(19-7-6-18(12-19)15-34-10-4-5-11-34)8-9-22(35)25(21)29(38)27(31)30(39)26(32)28(24)37/h8-9,18-22,25-27,29-30,35,37-39H,1,4-7,10-16,33H2,2-3H3/t18-,19?,20?,21?,22?,25?,26?,27?,29?,30?,31+,32-/m1/s1. The van der Waals surface area contributed by atoms with Crippen molar-refractivity contribution in [2.24, 2.45) is 58.0 Å². The van der Waals surface area contributed by atoms with E-state index >= 15 is 0 Å². The molecule has 4 fully saturated rings. The SMILES string of the molecule is C=C(N)C1=C(O)C2C(O)C3C(O)C4C(O)C=CC(C5CC[C@@H](CN6CCCC6)C5)C4C[C@@]3(C)C[C@@]2(C)CC1=O. The van der Waals surface area contributed by atoms with Crippen LogP contribution in [-0.2, 0) is 4.79 Å². The third-order valence-electron chi connectivity index (χ3n) is 12.0. The van der Waals surface area contributed by atoms with Crippen LogP contribution in [0, 0.1) is 52.3 Å². The highest BCUT2D eigenvalue weighted by Gasteiger charge is 2.66. The van der Waals surface area contributed by atoms with E-state index in [0.29, 0.717) is 24.2 Å². The maximum absolute atomic E-state index is 13.1. The van der Waals surface area contributed by atoms with Crippen LogP contribution < -0.4 is 5.73 Å². The summed E-state index contributed by atoms with van der Waals surface area (Å²) in [7, 11) is 0. The number of allylic oxidation sites excluding steroid dienone is 2. The highest BCUT2D eigenvalue weighted by Crippen LogP contribution is 2.66. The van der Waals surface area contributed by atoms with E-state index in [9.17, 15) is 25.2 Å². The fourth-order valence-electron chi connectivity index (χ4n) is 10.8. The van der Waals surface area contributed by atoms with Gasteiger partial charge in [-0.25, -0.2) is 0 Å². The lowest BCUT2D eigenvalue weighted by atomic mass is 9.42. The van der Waals surface area contributed by atoms with E-state index in [4.69, 9.17) is 5.73 Å². The normalized spacial score (nSPS) is 50.0. The number of carbonyl (C=O) groups is 1. The predicted molar refractivity (Wildman–Crippen MR) is 149 cm³/mol. The summed E-state index contributed by atoms with van der Waals surface area (Å²) in [6, 6.07) is 0. The van der Waals surface area contributed by atoms with Crippen LogP contribution in [0.1, 0.15) is 65.2 Å². The molecule has 12 atom stereocenters. The minimum absolute atomic E-state index is 0.0135. The van der Waals surface area contributed by atoms with Gasteiger partial charge in [0.15, 0.2) is 5.78 Å². The van der Waals surface area contributed by atoms with Crippen LogP contribution in [0.2, 0.25) is 0 Å². The zero-order valence-electron chi connectivity index (χ0n) is 23.6. The summed E-state index contributed by atoms with van der Waals surface area (Å²) >= 11 is 0. The summed E-state index contributed by atoms with van der Waals surface area (Å²) in [5.74, 6) is -0.328. The molecule has 7 heteroatoms. The first-order valence-electron chi connectivity index (χ1n) is 15.3. The van der Waals surface area contributed by atoms with E-state index in [2.05, 4.69) is 24.5 Å². The Bertz CT molecular complexity index is 1080. The van der Waals surface area contributed by atoms with Crippen LogP contribution in [-0.4, -0.2) is 69.1 Å². The molecule has 6 rings (SSSR count). The number of ketones is 1. The third-order valence-corrected chi connectivity index (χ3v) is 12.0. The number of Topliss-reactive ketones (excluding diaryl/α,β-unsaturated/α-hetero) is 1. The Morgan fingerprint density at radius 3 is 2.51 bits per heavy atom. The fraction of sp³-hybridized carbons (Fsp3) is 0.781. The summed E-state index contributed by atoms with van der Waals surface area (Å²) in [6.45, 7) is 11.5. The highest BCUT2D eigenvalue weighted by molar-refractivity contribution is 6.01. The van der Waals surface area contributed by atoms with Crippen molar-refractivity contribution in [2.45, 2.75) is 83.5 Å². The lowest BCUT2D eigenvalue weighted by Crippen LogP contribution is -2.66. The molecule has 7 nitrogen and oxygen atoms in total. The summed E-state index contributed by atoms with van der Waals surface area (Å²) in [5, 5.41) is 46.1. The number of hydrogen-bond donors (Lipinski definition) is 5.